The number of pyridine rings is 1. The number of fused-ring (bicyclic) bond motifs is 1. The Morgan fingerprint density at radius 3 is 2.60 bits per heavy atom. The van der Waals surface area contributed by atoms with E-state index in [1.807, 2.05) is 47.4 Å². The van der Waals surface area contributed by atoms with Gasteiger partial charge >= 0.3 is 10.2 Å². The van der Waals surface area contributed by atoms with Gasteiger partial charge < -0.3 is 0 Å². The van der Waals surface area contributed by atoms with Crippen LogP contribution in [0.1, 0.15) is 46.4 Å². The van der Waals surface area contributed by atoms with Crippen molar-refractivity contribution in [1.82, 2.24) is 24.9 Å². The molecule has 0 bridgehead atoms. The van der Waals surface area contributed by atoms with Crippen LogP contribution >= 0.6 is 0 Å². The van der Waals surface area contributed by atoms with Crippen molar-refractivity contribution < 1.29 is 17.2 Å². The normalized spacial score (nSPS) is 18.3. The van der Waals surface area contributed by atoms with Crippen molar-refractivity contribution in [1.29, 1.82) is 0 Å². The molecule has 5 rings (SSSR count). The first-order valence-electron chi connectivity index (χ1n) is 11.5. The Morgan fingerprint density at radius 1 is 1.06 bits per heavy atom. The van der Waals surface area contributed by atoms with Crippen molar-refractivity contribution in [2.75, 3.05) is 18.8 Å². The van der Waals surface area contributed by atoms with E-state index in [1.165, 1.54) is 0 Å². The largest absolute Gasteiger partial charge is 0.303 e. The van der Waals surface area contributed by atoms with Crippen LogP contribution < -0.4 is 0 Å². The average Bonchev–Trinajstić information content (AvgIpc) is 3.41. The van der Waals surface area contributed by atoms with Gasteiger partial charge in [0.25, 0.3) is 6.04 Å². The summed E-state index contributed by atoms with van der Waals surface area (Å²) in [6, 6.07) is 13.2. The lowest BCUT2D eigenvalue weighted by Gasteiger charge is -2.13. The van der Waals surface area contributed by atoms with Crippen LogP contribution in [-0.4, -0.2) is 57.0 Å². The van der Waals surface area contributed by atoms with Crippen molar-refractivity contribution in [2.24, 2.45) is 0 Å². The lowest BCUT2D eigenvalue weighted by atomic mass is 10.0. The molecule has 1 saturated heterocycles. The molecule has 0 N–H and O–H groups in total. The van der Waals surface area contributed by atoms with E-state index >= 15 is 0 Å². The van der Waals surface area contributed by atoms with E-state index < -0.39 is 22.0 Å². The second-order valence-corrected chi connectivity index (χ2v) is 10.4. The van der Waals surface area contributed by atoms with E-state index in [-0.39, 0.29) is 6.54 Å². The third kappa shape index (κ3) is 5.51. The third-order valence-electron chi connectivity index (χ3n) is 6.39. The Balaban J connectivity index is 1.42. The molecular formula is C24H26FN6O3S+. The number of rotatable bonds is 8. The highest BCUT2D eigenvalue weighted by Crippen LogP contribution is 2.34. The first-order chi connectivity index (χ1) is 16.9. The minimum Gasteiger partial charge on any atom is -0.292 e. The molecule has 2 aliphatic heterocycles. The van der Waals surface area contributed by atoms with Gasteiger partial charge in [-0.3, -0.25) is 9.88 Å². The van der Waals surface area contributed by atoms with Gasteiger partial charge in [0.1, 0.15) is 22.9 Å². The second-order valence-electron chi connectivity index (χ2n) is 8.92. The van der Waals surface area contributed by atoms with Crippen molar-refractivity contribution in [3.05, 3.63) is 93.7 Å². The predicted octanol–water partition coefficient (Wildman–Crippen LogP) is 2.72. The number of benzene rings is 1. The summed E-state index contributed by atoms with van der Waals surface area (Å²) >= 11 is 0. The molecule has 0 saturated carbocycles. The molecule has 1 fully saturated rings. The molecule has 1 unspecified atom stereocenters. The summed E-state index contributed by atoms with van der Waals surface area (Å²) in [6.07, 6.45) is 4.57. The van der Waals surface area contributed by atoms with Crippen LogP contribution in [0.4, 0.5) is 3.89 Å². The van der Waals surface area contributed by atoms with Crippen LogP contribution in [-0.2, 0) is 36.3 Å². The monoisotopic (exact) mass is 497 g/mol. The fraction of sp³-hybridized carbons (Fsp3) is 0.375. The highest BCUT2D eigenvalue weighted by Gasteiger charge is 2.45. The van der Waals surface area contributed by atoms with E-state index in [1.54, 1.807) is 17.4 Å². The van der Waals surface area contributed by atoms with E-state index in [2.05, 4.69) is 4.98 Å². The Bertz CT molecular complexity index is 1320. The van der Waals surface area contributed by atoms with Crippen LogP contribution in [0.5, 0.6) is 0 Å². The van der Waals surface area contributed by atoms with Gasteiger partial charge in [-0.1, -0.05) is 36.4 Å². The minimum absolute atomic E-state index is 0.0571. The topological polar surface area (TPSA) is 99.4 Å². The van der Waals surface area contributed by atoms with Gasteiger partial charge in [-0.05, 0) is 17.2 Å². The molecule has 2 aromatic heterocycles. The molecule has 0 spiro atoms. The molecule has 0 radical (unpaired) electrons. The number of nitroso groups, excluding NO2 is 1. The van der Waals surface area contributed by atoms with Gasteiger partial charge in [-0.25, -0.2) is 9.97 Å². The molecule has 11 heteroatoms. The third-order valence-corrected chi connectivity index (χ3v) is 7.06. The van der Waals surface area contributed by atoms with E-state index in [0.29, 0.717) is 50.5 Å². The fourth-order valence-electron chi connectivity index (χ4n) is 4.70. The van der Waals surface area contributed by atoms with Crippen molar-refractivity contribution in [2.45, 2.75) is 38.5 Å². The Hall–Kier alpha value is -3.31. The highest BCUT2D eigenvalue weighted by molar-refractivity contribution is 7.86. The van der Waals surface area contributed by atoms with Gasteiger partial charge in [0, 0.05) is 50.4 Å². The lowest BCUT2D eigenvalue weighted by Crippen LogP contribution is -2.28. The van der Waals surface area contributed by atoms with Crippen LogP contribution in [0.15, 0.2) is 54.9 Å². The number of hydrogen-bond acceptors (Lipinski definition) is 7. The predicted molar refractivity (Wildman–Crippen MR) is 126 cm³/mol. The molecular weight excluding hydrogens is 471 g/mol. The summed E-state index contributed by atoms with van der Waals surface area (Å²) < 4.78 is 35.2. The summed E-state index contributed by atoms with van der Waals surface area (Å²) in [5.74, 6) is 0.0420. The Labute approximate surface area is 203 Å². The van der Waals surface area contributed by atoms with E-state index in [4.69, 9.17) is 9.97 Å². The smallest absolute Gasteiger partial charge is 0.292 e. The standard InChI is InChI=1S/C24H26FN6O3S/c25-35(33,34)12-11-29-16-20-21(17-29)27-23(13-18-5-2-1-3-6-18)28-24(20)22-8-10-30(31(22)32)15-19-7-4-9-26-14-19/h1-7,9,14,22H,8,10-13,15-17H2/q+1. The molecule has 9 nitrogen and oxygen atoms in total. The Kier molecular flexibility index (Phi) is 6.52. The number of hydrogen-bond donors (Lipinski definition) is 0. The van der Waals surface area contributed by atoms with Gasteiger partial charge in [-0.15, -0.1) is 8.89 Å². The Morgan fingerprint density at radius 2 is 1.86 bits per heavy atom. The van der Waals surface area contributed by atoms with Crippen molar-refractivity contribution in [3.8, 4) is 0 Å². The first kappa shape index (κ1) is 23.4. The van der Waals surface area contributed by atoms with Crippen molar-refractivity contribution in [3.63, 3.8) is 0 Å². The van der Waals surface area contributed by atoms with E-state index in [9.17, 15) is 17.2 Å². The summed E-state index contributed by atoms with van der Waals surface area (Å²) in [5.41, 5.74) is 4.30. The van der Waals surface area contributed by atoms with Crippen LogP contribution in [0, 0.1) is 4.91 Å². The number of hydrazine groups is 1. The SMILES string of the molecule is O=[N+]1C(c2nc(Cc3ccccc3)nc3c2CN(CCS(=O)(=O)F)C3)CCN1Cc1cccnc1. The zero-order valence-corrected chi connectivity index (χ0v) is 19.9. The summed E-state index contributed by atoms with van der Waals surface area (Å²) in [5, 5.41) is 1.75. The molecule has 0 amide bonds. The second kappa shape index (κ2) is 9.74. The average molecular weight is 498 g/mol. The van der Waals surface area contributed by atoms with Gasteiger partial charge in [0.15, 0.2) is 0 Å². The van der Waals surface area contributed by atoms with Crippen LogP contribution in [0.3, 0.4) is 0 Å². The van der Waals surface area contributed by atoms with Crippen LogP contribution in [0.25, 0.3) is 0 Å². The zero-order valence-electron chi connectivity index (χ0n) is 19.1. The number of aromatic nitrogens is 3. The molecule has 1 aromatic carbocycles. The quantitative estimate of drug-likeness (QED) is 0.346. The molecule has 4 heterocycles. The van der Waals surface area contributed by atoms with Gasteiger partial charge in [-0.2, -0.15) is 8.42 Å². The minimum atomic E-state index is -4.57. The summed E-state index contributed by atoms with van der Waals surface area (Å²) in [6.45, 7) is 1.88. The number of halogens is 1. The first-order valence-corrected chi connectivity index (χ1v) is 13.1. The van der Waals surface area contributed by atoms with Crippen molar-refractivity contribution >= 4 is 10.2 Å². The lowest BCUT2D eigenvalue weighted by molar-refractivity contribution is -0.720. The molecule has 3 aromatic rings. The molecule has 1 atom stereocenters. The molecule has 182 valence electrons. The molecule has 0 aliphatic carbocycles. The fourth-order valence-corrected chi connectivity index (χ4v) is 5.17. The summed E-state index contributed by atoms with van der Waals surface area (Å²) in [7, 11) is -4.57. The van der Waals surface area contributed by atoms with Crippen LogP contribution in [0.2, 0.25) is 0 Å². The number of nitrogens with zero attached hydrogens (tertiary/aromatic N) is 6. The van der Waals surface area contributed by atoms with E-state index in [0.717, 1.165) is 27.3 Å². The van der Waals surface area contributed by atoms with Gasteiger partial charge in [0.2, 0.25) is 0 Å². The van der Waals surface area contributed by atoms with Gasteiger partial charge in [0.05, 0.1) is 22.9 Å². The highest BCUT2D eigenvalue weighted by atomic mass is 32.3. The molecule has 2 aliphatic rings. The maximum absolute atomic E-state index is 13.3. The zero-order chi connectivity index (χ0) is 24.4. The maximum Gasteiger partial charge on any atom is 0.303 e. The maximum atomic E-state index is 13.3. The summed E-state index contributed by atoms with van der Waals surface area (Å²) in [4.78, 5) is 29.9. The molecule has 35 heavy (non-hydrogen) atoms.